The van der Waals surface area contributed by atoms with Crippen molar-refractivity contribution in [3.8, 4) is 5.75 Å². The lowest BCUT2D eigenvalue weighted by atomic mass is 10.1. The number of rotatable bonds is 5. The van der Waals surface area contributed by atoms with Crippen molar-refractivity contribution < 1.29 is 14.5 Å². The molecule has 7 nitrogen and oxygen atoms in total. The molecule has 2 aromatic rings. The lowest BCUT2D eigenvalue weighted by Crippen LogP contribution is -2.18. The molecule has 1 N–H and O–H groups in total. The van der Waals surface area contributed by atoms with E-state index in [9.17, 15) is 14.9 Å². The predicted octanol–water partition coefficient (Wildman–Crippen LogP) is 2.68. The summed E-state index contributed by atoms with van der Waals surface area (Å²) in [6.07, 6.45) is 1.46. The van der Waals surface area contributed by atoms with Crippen molar-refractivity contribution in [2.45, 2.75) is 6.92 Å². The monoisotopic (exact) mass is 313 g/mol. The summed E-state index contributed by atoms with van der Waals surface area (Å²) in [4.78, 5) is 22.3. The van der Waals surface area contributed by atoms with Gasteiger partial charge in [0.15, 0.2) is 0 Å². The molecular formula is C16H15N3O4. The van der Waals surface area contributed by atoms with E-state index in [1.54, 1.807) is 25.3 Å². The van der Waals surface area contributed by atoms with Gasteiger partial charge in [0, 0.05) is 6.07 Å². The highest BCUT2D eigenvalue weighted by atomic mass is 16.6. The average Bonchev–Trinajstić information content (AvgIpc) is 2.55. The highest BCUT2D eigenvalue weighted by Crippen LogP contribution is 2.18. The van der Waals surface area contributed by atoms with E-state index < -0.39 is 10.8 Å². The molecule has 0 aliphatic carbocycles. The van der Waals surface area contributed by atoms with E-state index in [0.717, 1.165) is 16.9 Å². The summed E-state index contributed by atoms with van der Waals surface area (Å²) in [5.41, 5.74) is 3.68. The van der Waals surface area contributed by atoms with Gasteiger partial charge in [0.25, 0.3) is 11.6 Å². The number of ether oxygens (including phenoxy) is 1. The third-order valence-corrected chi connectivity index (χ3v) is 3.14. The second kappa shape index (κ2) is 7.17. The van der Waals surface area contributed by atoms with Crippen LogP contribution in [0.15, 0.2) is 47.6 Å². The number of nitro groups is 1. The molecule has 0 aromatic heterocycles. The summed E-state index contributed by atoms with van der Waals surface area (Å²) in [6, 6.07) is 11.1. The van der Waals surface area contributed by atoms with Crippen LogP contribution in [0.5, 0.6) is 5.75 Å². The van der Waals surface area contributed by atoms with Crippen molar-refractivity contribution in [2.75, 3.05) is 7.11 Å². The zero-order valence-electron chi connectivity index (χ0n) is 12.6. The zero-order chi connectivity index (χ0) is 16.8. The Balaban J connectivity index is 2.10. The highest BCUT2D eigenvalue weighted by molar-refractivity contribution is 5.98. The first-order valence-corrected chi connectivity index (χ1v) is 6.74. The van der Waals surface area contributed by atoms with Crippen LogP contribution >= 0.6 is 0 Å². The number of carbonyl (C=O) groups is 1. The number of amides is 1. The largest absolute Gasteiger partial charge is 0.496 e. The minimum Gasteiger partial charge on any atom is -0.496 e. The van der Waals surface area contributed by atoms with E-state index in [2.05, 4.69) is 10.5 Å². The fourth-order valence-corrected chi connectivity index (χ4v) is 2.03. The number of aryl methyl sites for hydroxylation is 1. The zero-order valence-corrected chi connectivity index (χ0v) is 12.6. The molecule has 2 aromatic carbocycles. The Morgan fingerprint density at radius 2 is 2.04 bits per heavy atom. The predicted molar refractivity (Wildman–Crippen MR) is 85.9 cm³/mol. The molecule has 0 heterocycles. The fourth-order valence-electron chi connectivity index (χ4n) is 2.03. The molecule has 0 spiro atoms. The van der Waals surface area contributed by atoms with Gasteiger partial charge in [0.05, 0.1) is 18.2 Å². The van der Waals surface area contributed by atoms with Crippen LogP contribution in [0, 0.1) is 17.0 Å². The first-order chi connectivity index (χ1) is 11.0. The molecule has 118 valence electrons. The van der Waals surface area contributed by atoms with Gasteiger partial charge in [-0.3, -0.25) is 14.9 Å². The number of methoxy groups -OCH3 is 1. The molecule has 0 saturated heterocycles. The van der Waals surface area contributed by atoms with Crippen LogP contribution in [0.4, 0.5) is 5.69 Å². The summed E-state index contributed by atoms with van der Waals surface area (Å²) < 4.78 is 5.16. The molecule has 0 radical (unpaired) electrons. The van der Waals surface area contributed by atoms with Gasteiger partial charge < -0.3 is 4.74 Å². The summed E-state index contributed by atoms with van der Waals surface area (Å²) in [6.45, 7) is 1.89. The molecule has 23 heavy (non-hydrogen) atoms. The van der Waals surface area contributed by atoms with E-state index in [-0.39, 0.29) is 11.3 Å². The fraction of sp³-hybridized carbons (Fsp3) is 0.125. The molecule has 7 heteroatoms. The molecule has 0 fully saturated rings. The van der Waals surface area contributed by atoms with Crippen molar-refractivity contribution in [3.63, 3.8) is 0 Å². The first kappa shape index (κ1) is 16.2. The topological polar surface area (TPSA) is 93.8 Å². The molecule has 0 atom stereocenters. The van der Waals surface area contributed by atoms with Crippen molar-refractivity contribution in [1.29, 1.82) is 0 Å². The number of nitro benzene ring substituents is 1. The van der Waals surface area contributed by atoms with Gasteiger partial charge in [0.1, 0.15) is 11.3 Å². The van der Waals surface area contributed by atoms with E-state index in [1.807, 2.05) is 13.0 Å². The van der Waals surface area contributed by atoms with E-state index in [1.165, 1.54) is 24.4 Å². The molecule has 0 saturated carbocycles. The second-order valence-corrected chi connectivity index (χ2v) is 4.70. The molecule has 0 aliphatic heterocycles. The summed E-state index contributed by atoms with van der Waals surface area (Å²) in [7, 11) is 1.59. The SMILES string of the molecule is COc1ccc(C=NNC(=O)c2ccccc2[N+](=O)[O-])cc1C. The molecule has 0 unspecified atom stereocenters. The Bertz CT molecular complexity index is 772. The maximum atomic E-state index is 12.0. The summed E-state index contributed by atoms with van der Waals surface area (Å²) >= 11 is 0. The Kier molecular flexibility index (Phi) is 5.03. The van der Waals surface area contributed by atoms with Crippen LogP contribution in [0.1, 0.15) is 21.5 Å². The van der Waals surface area contributed by atoms with Crippen LogP contribution in [0.3, 0.4) is 0 Å². The van der Waals surface area contributed by atoms with Crippen LogP contribution in [-0.2, 0) is 0 Å². The number of nitrogens with zero attached hydrogens (tertiary/aromatic N) is 2. The third-order valence-electron chi connectivity index (χ3n) is 3.14. The van der Waals surface area contributed by atoms with Crippen LogP contribution in [0.2, 0.25) is 0 Å². The van der Waals surface area contributed by atoms with Crippen molar-refractivity contribution >= 4 is 17.8 Å². The van der Waals surface area contributed by atoms with Gasteiger partial charge in [0.2, 0.25) is 0 Å². The second-order valence-electron chi connectivity index (χ2n) is 4.70. The lowest BCUT2D eigenvalue weighted by Gasteiger charge is -2.04. The number of para-hydroxylation sites is 1. The van der Waals surface area contributed by atoms with Gasteiger partial charge in [-0.15, -0.1) is 0 Å². The van der Waals surface area contributed by atoms with Gasteiger partial charge in [-0.05, 0) is 42.3 Å². The third kappa shape index (κ3) is 3.91. The first-order valence-electron chi connectivity index (χ1n) is 6.74. The highest BCUT2D eigenvalue weighted by Gasteiger charge is 2.18. The Morgan fingerprint density at radius 1 is 1.30 bits per heavy atom. The Morgan fingerprint density at radius 3 is 2.70 bits per heavy atom. The number of benzene rings is 2. The summed E-state index contributed by atoms with van der Waals surface area (Å²) in [5.74, 6) is 0.116. The van der Waals surface area contributed by atoms with E-state index >= 15 is 0 Å². The minimum absolute atomic E-state index is 0.0411. The van der Waals surface area contributed by atoms with E-state index in [0.29, 0.717) is 0 Å². The van der Waals surface area contributed by atoms with E-state index in [4.69, 9.17) is 4.74 Å². The summed E-state index contributed by atoms with van der Waals surface area (Å²) in [5, 5.41) is 14.7. The number of nitrogens with one attached hydrogen (secondary N) is 1. The maximum absolute atomic E-state index is 12.0. The number of carbonyl (C=O) groups excluding carboxylic acids is 1. The van der Waals surface area contributed by atoms with Gasteiger partial charge in [-0.1, -0.05) is 12.1 Å². The van der Waals surface area contributed by atoms with Gasteiger partial charge >= 0.3 is 0 Å². The molecule has 2 rings (SSSR count). The van der Waals surface area contributed by atoms with Crippen LogP contribution in [0.25, 0.3) is 0 Å². The van der Waals surface area contributed by atoms with Crippen LogP contribution in [-0.4, -0.2) is 24.2 Å². The molecule has 0 bridgehead atoms. The number of hydrogen-bond acceptors (Lipinski definition) is 5. The quantitative estimate of drug-likeness (QED) is 0.521. The van der Waals surface area contributed by atoms with Crippen LogP contribution < -0.4 is 10.2 Å². The maximum Gasteiger partial charge on any atom is 0.282 e. The minimum atomic E-state index is -0.640. The number of hydrazone groups is 1. The average molecular weight is 313 g/mol. The normalized spacial score (nSPS) is 10.5. The van der Waals surface area contributed by atoms with Crippen molar-refractivity contribution in [3.05, 3.63) is 69.3 Å². The van der Waals surface area contributed by atoms with Gasteiger partial charge in [-0.2, -0.15) is 5.10 Å². The smallest absolute Gasteiger partial charge is 0.282 e. The molecule has 0 aliphatic rings. The van der Waals surface area contributed by atoms with Gasteiger partial charge in [-0.25, -0.2) is 5.43 Å². The van der Waals surface area contributed by atoms with Crippen molar-refractivity contribution in [1.82, 2.24) is 5.43 Å². The molecular weight excluding hydrogens is 298 g/mol. The molecule has 1 amide bonds. The number of hydrogen-bond donors (Lipinski definition) is 1. The Hall–Kier alpha value is -3.22. The standard InChI is InChI=1S/C16H15N3O4/c1-11-9-12(7-8-15(11)23-2)10-17-18-16(20)13-5-3-4-6-14(13)19(21)22/h3-10H,1-2H3,(H,18,20). The van der Waals surface area contributed by atoms with Crippen molar-refractivity contribution in [2.24, 2.45) is 5.10 Å². The Labute approximate surface area is 132 Å². The lowest BCUT2D eigenvalue weighted by molar-refractivity contribution is -0.385.